The Morgan fingerprint density at radius 1 is 1.12 bits per heavy atom. The van der Waals surface area contributed by atoms with Crippen LogP contribution in [-0.4, -0.2) is 43.0 Å². The zero-order chi connectivity index (χ0) is 16.9. The molecule has 2 aliphatic heterocycles. The number of amides is 1. The molecule has 0 saturated carbocycles. The van der Waals surface area contributed by atoms with Crippen LogP contribution >= 0.6 is 12.4 Å². The van der Waals surface area contributed by atoms with Crippen molar-refractivity contribution in [2.75, 3.05) is 26.2 Å². The van der Waals surface area contributed by atoms with Gasteiger partial charge in [-0.15, -0.1) is 12.4 Å². The van der Waals surface area contributed by atoms with Crippen molar-refractivity contribution < 1.29 is 13.6 Å². The molecule has 7 heteroatoms. The highest BCUT2D eigenvalue weighted by molar-refractivity contribution is 5.85. The van der Waals surface area contributed by atoms with Gasteiger partial charge in [-0.2, -0.15) is 0 Å². The Morgan fingerprint density at radius 2 is 1.80 bits per heavy atom. The van der Waals surface area contributed by atoms with Crippen LogP contribution in [0.25, 0.3) is 0 Å². The summed E-state index contributed by atoms with van der Waals surface area (Å²) in [6, 6.07) is 4.30. The number of rotatable bonds is 4. The fraction of sp³-hybridized carbons (Fsp3) is 0.611. The first-order valence-corrected chi connectivity index (χ1v) is 8.79. The average Bonchev–Trinajstić information content (AvgIpc) is 2.61. The molecule has 0 aliphatic carbocycles. The molecule has 0 bridgehead atoms. The van der Waals surface area contributed by atoms with E-state index in [1.165, 1.54) is 12.1 Å². The van der Waals surface area contributed by atoms with Crippen LogP contribution in [-0.2, 0) is 11.3 Å². The number of nitrogens with zero attached hydrogens (tertiary/aromatic N) is 1. The number of likely N-dealkylation sites (tertiary alicyclic amines) is 1. The molecule has 2 N–H and O–H groups in total. The molecule has 2 heterocycles. The van der Waals surface area contributed by atoms with Crippen molar-refractivity contribution in [1.82, 2.24) is 15.5 Å². The topological polar surface area (TPSA) is 44.4 Å². The van der Waals surface area contributed by atoms with Gasteiger partial charge in [0, 0.05) is 31.6 Å². The van der Waals surface area contributed by atoms with Crippen molar-refractivity contribution >= 4 is 18.3 Å². The van der Waals surface area contributed by atoms with Gasteiger partial charge in [-0.1, -0.05) is 6.07 Å². The van der Waals surface area contributed by atoms with Gasteiger partial charge in [0.15, 0.2) is 11.6 Å². The lowest BCUT2D eigenvalue weighted by atomic mass is 9.96. The largest absolute Gasteiger partial charge is 0.353 e. The lowest BCUT2D eigenvalue weighted by molar-refractivity contribution is -0.126. The molecular formula is C18H26ClF2N3O. The second-order valence-corrected chi connectivity index (χ2v) is 6.83. The Morgan fingerprint density at radius 3 is 2.44 bits per heavy atom. The highest BCUT2D eigenvalue weighted by Gasteiger charge is 2.25. The normalized spacial score (nSPS) is 20.1. The zero-order valence-corrected chi connectivity index (χ0v) is 15.1. The van der Waals surface area contributed by atoms with E-state index in [1.54, 1.807) is 6.07 Å². The molecule has 0 unspecified atom stereocenters. The second kappa shape index (κ2) is 9.46. The average molecular weight is 374 g/mol. The molecule has 4 nitrogen and oxygen atoms in total. The number of nitrogens with one attached hydrogen (secondary N) is 2. The fourth-order valence-corrected chi connectivity index (χ4v) is 3.53. The van der Waals surface area contributed by atoms with Crippen molar-refractivity contribution in [1.29, 1.82) is 0 Å². The van der Waals surface area contributed by atoms with E-state index in [2.05, 4.69) is 15.5 Å². The molecule has 140 valence electrons. The van der Waals surface area contributed by atoms with Crippen molar-refractivity contribution in [3.63, 3.8) is 0 Å². The quantitative estimate of drug-likeness (QED) is 0.852. The summed E-state index contributed by atoms with van der Waals surface area (Å²) >= 11 is 0. The highest BCUT2D eigenvalue weighted by Crippen LogP contribution is 2.17. The van der Waals surface area contributed by atoms with E-state index in [1.807, 2.05) is 0 Å². The molecule has 2 saturated heterocycles. The minimum Gasteiger partial charge on any atom is -0.353 e. The Hall–Kier alpha value is -1.24. The third-order valence-corrected chi connectivity index (χ3v) is 5.03. The summed E-state index contributed by atoms with van der Waals surface area (Å²) in [4.78, 5) is 14.5. The maximum Gasteiger partial charge on any atom is 0.223 e. The van der Waals surface area contributed by atoms with Gasteiger partial charge in [0.2, 0.25) is 5.91 Å². The number of carbonyl (C=O) groups excluding carboxylic acids is 1. The molecule has 0 aromatic heterocycles. The smallest absolute Gasteiger partial charge is 0.223 e. The number of carbonyl (C=O) groups is 1. The van der Waals surface area contributed by atoms with Gasteiger partial charge < -0.3 is 10.6 Å². The molecule has 1 aromatic rings. The molecule has 2 aliphatic rings. The van der Waals surface area contributed by atoms with Crippen LogP contribution in [0.2, 0.25) is 0 Å². The highest BCUT2D eigenvalue weighted by atomic mass is 35.5. The molecule has 3 rings (SSSR count). The number of halogens is 3. The summed E-state index contributed by atoms with van der Waals surface area (Å²) in [5, 5.41) is 6.46. The summed E-state index contributed by atoms with van der Waals surface area (Å²) in [6.45, 7) is 4.17. The Bertz CT molecular complexity index is 573. The van der Waals surface area contributed by atoms with Crippen LogP contribution in [0.15, 0.2) is 18.2 Å². The Kier molecular flexibility index (Phi) is 7.59. The number of hydrogen-bond donors (Lipinski definition) is 2. The Balaban J connectivity index is 0.00000225. The van der Waals surface area contributed by atoms with Crippen LogP contribution in [0.4, 0.5) is 8.78 Å². The van der Waals surface area contributed by atoms with Crippen LogP contribution in [0.5, 0.6) is 0 Å². The van der Waals surface area contributed by atoms with Crippen molar-refractivity contribution in [3.8, 4) is 0 Å². The second-order valence-electron chi connectivity index (χ2n) is 6.83. The molecule has 0 atom stereocenters. The van der Waals surface area contributed by atoms with E-state index < -0.39 is 11.6 Å². The van der Waals surface area contributed by atoms with E-state index >= 15 is 0 Å². The standard InChI is InChI=1S/C18H25F2N3O.ClH/c19-16-2-1-13(11-17(16)20)12-23-9-5-15(6-10-23)22-18(24)14-3-7-21-8-4-14;/h1-2,11,14-15,21H,3-10,12H2,(H,22,24);1H. The van der Waals surface area contributed by atoms with E-state index in [9.17, 15) is 13.6 Å². The van der Waals surface area contributed by atoms with E-state index in [4.69, 9.17) is 0 Å². The van der Waals surface area contributed by atoms with Crippen LogP contribution in [0.3, 0.4) is 0 Å². The summed E-state index contributed by atoms with van der Waals surface area (Å²) in [5.74, 6) is -1.27. The number of benzene rings is 1. The van der Waals surface area contributed by atoms with Gasteiger partial charge >= 0.3 is 0 Å². The molecule has 25 heavy (non-hydrogen) atoms. The van der Waals surface area contributed by atoms with Gasteiger partial charge in [-0.25, -0.2) is 8.78 Å². The first-order valence-electron chi connectivity index (χ1n) is 8.79. The van der Waals surface area contributed by atoms with Gasteiger partial charge in [-0.05, 0) is 56.5 Å². The first kappa shape index (κ1) is 20.1. The van der Waals surface area contributed by atoms with Gasteiger partial charge in [0.25, 0.3) is 0 Å². The van der Waals surface area contributed by atoms with Crippen molar-refractivity contribution in [2.24, 2.45) is 5.92 Å². The molecule has 0 spiro atoms. The molecule has 1 aromatic carbocycles. The van der Waals surface area contributed by atoms with E-state index in [-0.39, 0.29) is 30.3 Å². The summed E-state index contributed by atoms with van der Waals surface area (Å²) in [6.07, 6.45) is 3.64. The lowest BCUT2D eigenvalue weighted by Crippen LogP contribution is -2.47. The van der Waals surface area contributed by atoms with Gasteiger partial charge in [-0.3, -0.25) is 9.69 Å². The van der Waals surface area contributed by atoms with Crippen molar-refractivity contribution in [3.05, 3.63) is 35.4 Å². The van der Waals surface area contributed by atoms with Crippen LogP contribution in [0.1, 0.15) is 31.2 Å². The van der Waals surface area contributed by atoms with Gasteiger partial charge in [0.1, 0.15) is 0 Å². The SMILES string of the molecule is Cl.O=C(NC1CCN(Cc2ccc(F)c(F)c2)CC1)C1CCNCC1. The Labute approximate surface area is 153 Å². The monoisotopic (exact) mass is 373 g/mol. The summed E-state index contributed by atoms with van der Waals surface area (Å²) in [7, 11) is 0. The zero-order valence-electron chi connectivity index (χ0n) is 14.3. The van der Waals surface area contributed by atoms with E-state index in [0.29, 0.717) is 6.54 Å². The lowest BCUT2D eigenvalue weighted by Gasteiger charge is -2.33. The van der Waals surface area contributed by atoms with Crippen LogP contribution in [0, 0.1) is 17.6 Å². The summed E-state index contributed by atoms with van der Waals surface area (Å²) in [5.41, 5.74) is 0.783. The van der Waals surface area contributed by atoms with E-state index in [0.717, 1.165) is 57.4 Å². The first-order chi connectivity index (χ1) is 11.6. The maximum atomic E-state index is 13.3. The summed E-state index contributed by atoms with van der Waals surface area (Å²) < 4.78 is 26.2. The predicted octanol–water partition coefficient (Wildman–Crippen LogP) is 2.47. The third kappa shape index (κ3) is 5.62. The molecule has 2 fully saturated rings. The number of hydrogen-bond acceptors (Lipinski definition) is 3. The minimum atomic E-state index is -0.807. The van der Waals surface area contributed by atoms with Crippen molar-refractivity contribution in [2.45, 2.75) is 38.3 Å². The van der Waals surface area contributed by atoms with Gasteiger partial charge in [0.05, 0.1) is 0 Å². The molecular weight excluding hydrogens is 348 g/mol. The fourth-order valence-electron chi connectivity index (χ4n) is 3.53. The number of piperidine rings is 2. The maximum absolute atomic E-state index is 13.3. The minimum absolute atomic E-state index is 0. The molecule has 1 amide bonds. The molecule has 0 radical (unpaired) electrons. The van der Waals surface area contributed by atoms with Crippen LogP contribution < -0.4 is 10.6 Å². The predicted molar refractivity (Wildman–Crippen MR) is 95.6 cm³/mol. The third-order valence-electron chi connectivity index (χ3n) is 5.03.